The Morgan fingerprint density at radius 2 is 1.61 bits per heavy atom. The monoisotopic (exact) mass is 536 g/mol. The van der Waals surface area contributed by atoms with Crippen LogP contribution in [-0.4, -0.2) is 59.2 Å². The van der Waals surface area contributed by atoms with Gasteiger partial charge < -0.3 is 20.2 Å². The van der Waals surface area contributed by atoms with E-state index in [1.165, 1.54) is 5.56 Å². The van der Waals surface area contributed by atoms with E-state index in [0.717, 1.165) is 42.7 Å². The van der Waals surface area contributed by atoms with Crippen LogP contribution in [0.2, 0.25) is 0 Å². The Kier molecular flexibility index (Phi) is 10.9. The van der Waals surface area contributed by atoms with Gasteiger partial charge in [-0.3, -0.25) is 9.59 Å². The van der Waals surface area contributed by atoms with Crippen molar-refractivity contribution < 1.29 is 37.1 Å². The Hall–Kier alpha value is -3.40. The third-order valence-corrected chi connectivity index (χ3v) is 6.42. The summed E-state index contributed by atoms with van der Waals surface area (Å²) in [7, 11) is 0. The zero-order chi connectivity index (χ0) is 28.5. The smallest absolute Gasteiger partial charge is 0.475 e. The normalized spacial score (nSPS) is 19.2. The van der Waals surface area contributed by atoms with E-state index in [0.29, 0.717) is 17.6 Å². The molecule has 0 bridgehead atoms. The maximum absolute atomic E-state index is 13.2. The highest BCUT2D eigenvalue weighted by atomic mass is 19.4. The lowest BCUT2D eigenvalue weighted by Gasteiger charge is -2.43. The Balaban J connectivity index is 0.000000638. The molecule has 1 saturated heterocycles. The molecule has 10 heteroatoms. The third kappa shape index (κ3) is 9.48. The molecule has 0 spiro atoms. The molecule has 0 saturated carbocycles. The van der Waals surface area contributed by atoms with Gasteiger partial charge in [-0.1, -0.05) is 48.5 Å². The van der Waals surface area contributed by atoms with Gasteiger partial charge in [-0.05, 0) is 51.7 Å². The minimum atomic E-state index is -5.08. The van der Waals surface area contributed by atoms with Crippen molar-refractivity contribution in [2.45, 2.75) is 59.3 Å². The molecule has 0 aromatic heterocycles. The summed E-state index contributed by atoms with van der Waals surface area (Å²) >= 11 is 0. The van der Waals surface area contributed by atoms with Gasteiger partial charge in [0.1, 0.15) is 6.54 Å². The number of benzene rings is 2. The average Bonchev–Trinajstić information content (AvgIpc) is 2.81. The number of carboxylic acid groups (broad SMARTS) is 1. The first-order valence-corrected chi connectivity index (χ1v) is 12.6. The average molecular weight is 537 g/mol. The number of aryl methyl sites for hydroxylation is 2. The van der Waals surface area contributed by atoms with Crippen molar-refractivity contribution in [2.75, 3.05) is 25.0 Å². The molecule has 2 atom stereocenters. The Morgan fingerprint density at radius 1 is 1.03 bits per heavy atom. The highest BCUT2D eigenvalue weighted by molar-refractivity contribution is 5.93. The third-order valence-electron chi connectivity index (χ3n) is 6.42. The van der Waals surface area contributed by atoms with Crippen molar-refractivity contribution in [3.05, 3.63) is 65.2 Å². The molecule has 2 unspecified atom stereocenters. The fraction of sp³-hybridized carbons (Fsp3) is 0.464. The number of nitrogens with one attached hydrogen (secondary N) is 2. The second-order valence-corrected chi connectivity index (χ2v) is 10.2. The van der Waals surface area contributed by atoms with Gasteiger partial charge in [-0.2, -0.15) is 13.2 Å². The topological polar surface area (TPSA) is 95.5 Å². The molecule has 38 heavy (non-hydrogen) atoms. The number of para-hydroxylation sites is 1. The number of carbonyl (C=O) groups is 3. The Bertz CT molecular complexity index is 1090. The van der Waals surface area contributed by atoms with E-state index in [2.05, 4.69) is 22.8 Å². The largest absolute Gasteiger partial charge is 0.490 e. The molecule has 1 fully saturated rings. The van der Waals surface area contributed by atoms with Crippen molar-refractivity contribution in [2.24, 2.45) is 5.92 Å². The molecule has 7 nitrogen and oxygen atoms in total. The van der Waals surface area contributed by atoms with Gasteiger partial charge >= 0.3 is 12.1 Å². The molecule has 1 aliphatic heterocycles. The number of hydrogen-bond donors (Lipinski definition) is 3. The van der Waals surface area contributed by atoms with Crippen LogP contribution in [0.5, 0.6) is 0 Å². The highest BCUT2D eigenvalue weighted by Crippen LogP contribution is 2.28. The van der Waals surface area contributed by atoms with Gasteiger partial charge in [0.2, 0.25) is 5.91 Å². The van der Waals surface area contributed by atoms with E-state index >= 15 is 0 Å². The molecule has 2 aromatic carbocycles. The number of carboxylic acids is 1. The molecular weight excluding hydrogens is 499 g/mol. The summed E-state index contributed by atoms with van der Waals surface area (Å²) in [5, 5.41) is 13.4. The molecule has 3 rings (SSSR count). The Labute approximate surface area is 221 Å². The zero-order valence-corrected chi connectivity index (χ0v) is 22.3. The number of halogens is 3. The minimum Gasteiger partial charge on any atom is -0.475 e. The van der Waals surface area contributed by atoms with Crippen molar-refractivity contribution in [1.82, 2.24) is 5.32 Å². The summed E-state index contributed by atoms with van der Waals surface area (Å²) < 4.78 is 32.3. The fourth-order valence-electron chi connectivity index (χ4n) is 4.75. The minimum absolute atomic E-state index is 0.0123. The predicted octanol–water partition coefficient (Wildman–Crippen LogP) is 4.83. The van der Waals surface area contributed by atoms with Crippen LogP contribution < -0.4 is 10.6 Å². The van der Waals surface area contributed by atoms with Crippen LogP contribution in [-0.2, 0) is 20.9 Å². The van der Waals surface area contributed by atoms with Crippen LogP contribution >= 0.6 is 0 Å². The number of quaternary nitrogens is 1. The van der Waals surface area contributed by atoms with E-state index in [1.807, 2.05) is 64.1 Å². The van der Waals surface area contributed by atoms with Crippen molar-refractivity contribution in [3.8, 4) is 0 Å². The number of likely N-dealkylation sites (tertiary alicyclic amines) is 1. The summed E-state index contributed by atoms with van der Waals surface area (Å²) in [5.74, 6) is -2.70. The lowest BCUT2D eigenvalue weighted by molar-refractivity contribution is -0.940. The van der Waals surface area contributed by atoms with Gasteiger partial charge in [0.25, 0.3) is 5.91 Å². The first-order valence-electron chi connectivity index (χ1n) is 12.6. The molecule has 3 N–H and O–H groups in total. The van der Waals surface area contributed by atoms with Crippen LogP contribution in [0.4, 0.5) is 18.9 Å². The van der Waals surface area contributed by atoms with E-state index in [4.69, 9.17) is 9.90 Å². The van der Waals surface area contributed by atoms with E-state index < -0.39 is 12.1 Å². The molecule has 2 amide bonds. The standard InChI is InChI=1S/C26H35N3O2.C2HF3O2/c1-19(2)27-26(31)23-14-9-15-29(17-23,16-22-12-6-5-7-13-22)18-24(30)28-25-20(3)10-8-11-21(25)4;3-2(4,5)1(6)7/h5-8,10-13,19,23H,9,14-18H2,1-4H3,(H-,27,28,30,31);(H,6,7)/p+1. The molecule has 1 heterocycles. The summed E-state index contributed by atoms with van der Waals surface area (Å²) in [6.45, 7) is 10.7. The number of alkyl halides is 3. The maximum Gasteiger partial charge on any atom is 0.490 e. The van der Waals surface area contributed by atoms with Crippen LogP contribution in [0, 0.1) is 19.8 Å². The van der Waals surface area contributed by atoms with Crippen molar-refractivity contribution in [1.29, 1.82) is 0 Å². The first kappa shape index (κ1) is 30.8. The molecule has 1 aliphatic rings. The van der Waals surface area contributed by atoms with Gasteiger partial charge in [0, 0.05) is 17.3 Å². The number of carbonyl (C=O) groups excluding carboxylic acids is 2. The van der Waals surface area contributed by atoms with Crippen LogP contribution in [0.3, 0.4) is 0 Å². The highest BCUT2D eigenvalue weighted by Gasteiger charge is 2.40. The number of hydrogen-bond acceptors (Lipinski definition) is 3. The second-order valence-electron chi connectivity index (χ2n) is 10.2. The second kappa shape index (κ2) is 13.4. The van der Waals surface area contributed by atoms with Gasteiger partial charge in [-0.25, -0.2) is 4.79 Å². The first-order chi connectivity index (χ1) is 17.7. The zero-order valence-electron chi connectivity index (χ0n) is 22.3. The molecule has 0 aliphatic carbocycles. The van der Waals surface area contributed by atoms with E-state index in [9.17, 15) is 22.8 Å². The van der Waals surface area contributed by atoms with E-state index in [1.54, 1.807) is 0 Å². The number of rotatable bonds is 7. The van der Waals surface area contributed by atoms with Gasteiger partial charge in [-0.15, -0.1) is 0 Å². The van der Waals surface area contributed by atoms with Crippen LogP contribution in [0.1, 0.15) is 43.4 Å². The quantitative estimate of drug-likeness (QED) is 0.442. The van der Waals surface area contributed by atoms with Gasteiger partial charge in [0.05, 0.1) is 19.0 Å². The van der Waals surface area contributed by atoms with Crippen LogP contribution in [0.25, 0.3) is 0 Å². The number of nitrogens with zero attached hydrogens (tertiary/aromatic N) is 1. The summed E-state index contributed by atoms with van der Waals surface area (Å²) in [5.41, 5.74) is 4.23. The Morgan fingerprint density at radius 3 is 2.13 bits per heavy atom. The predicted molar refractivity (Wildman–Crippen MR) is 139 cm³/mol. The number of piperidine rings is 1. The summed E-state index contributed by atoms with van der Waals surface area (Å²) in [6, 6.07) is 16.5. The molecule has 208 valence electrons. The molecular formula is C28H37F3N3O4+. The summed E-state index contributed by atoms with van der Waals surface area (Å²) in [4.78, 5) is 34.9. The maximum atomic E-state index is 13.2. The van der Waals surface area contributed by atoms with Crippen molar-refractivity contribution >= 4 is 23.5 Å². The fourth-order valence-corrected chi connectivity index (χ4v) is 4.75. The van der Waals surface area contributed by atoms with Gasteiger partial charge in [0.15, 0.2) is 6.54 Å². The SMILES string of the molecule is Cc1cccc(C)c1NC(=O)C[N+]1(Cc2ccccc2)CCCC(C(=O)NC(C)C)C1.O=C(O)C(F)(F)F. The molecule has 2 aromatic rings. The molecule has 0 radical (unpaired) electrons. The number of anilines is 1. The lowest BCUT2D eigenvalue weighted by atomic mass is 9.93. The number of amides is 2. The lowest BCUT2D eigenvalue weighted by Crippen LogP contribution is -2.59. The van der Waals surface area contributed by atoms with Crippen molar-refractivity contribution in [3.63, 3.8) is 0 Å². The van der Waals surface area contributed by atoms with Crippen LogP contribution in [0.15, 0.2) is 48.5 Å². The summed E-state index contributed by atoms with van der Waals surface area (Å²) in [6.07, 6.45) is -3.26. The number of aliphatic carboxylic acids is 1. The van der Waals surface area contributed by atoms with E-state index in [-0.39, 0.29) is 23.8 Å².